The zero-order valence-corrected chi connectivity index (χ0v) is 18.3. The van der Waals surface area contributed by atoms with Crippen LogP contribution in [-0.4, -0.2) is 57.9 Å². The van der Waals surface area contributed by atoms with Gasteiger partial charge in [0, 0.05) is 52.0 Å². The van der Waals surface area contributed by atoms with Crippen LogP contribution in [0.3, 0.4) is 0 Å². The van der Waals surface area contributed by atoms with E-state index in [1.54, 1.807) is 0 Å². The van der Waals surface area contributed by atoms with Gasteiger partial charge in [-0.2, -0.15) is 13.2 Å². The average Bonchev–Trinajstić information content (AvgIpc) is 2.99. The molecule has 0 radical (unpaired) electrons. The summed E-state index contributed by atoms with van der Waals surface area (Å²) < 4.78 is 41.8. The highest BCUT2D eigenvalue weighted by Crippen LogP contribution is 2.40. The lowest BCUT2D eigenvalue weighted by molar-refractivity contribution is -0.272. The summed E-state index contributed by atoms with van der Waals surface area (Å²) in [6, 6.07) is 0. The van der Waals surface area contributed by atoms with Gasteiger partial charge in [0.25, 0.3) is 0 Å². The Kier molecular flexibility index (Phi) is 8.84. The number of rotatable bonds is 5. The Morgan fingerprint density at radius 2 is 2.15 bits per heavy atom. The number of imidazole rings is 1. The van der Waals surface area contributed by atoms with Crippen molar-refractivity contribution in [2.75, 3.05) is 26.2 Å². The number of aliphatic hydroxyl groups is 1. The van der Waals surface area contributed by atoms with Crippen LogP contribution in [0.4, 0.5) is 13.2 Å². The number of hydrogen-bond acceptors (Lipinski definition) is 3. The van der Waals surface area contributed by atoms with Crippen molar-refractivity contribution in [2.45, 2.75) is 44.9 Å². The third kappa shape index (κ3) is 5.72. The lowest BCUT2D eigenvalue weighted by Crippen LogP contribution is -2.47. The fraction of sp³-hybridized carbons (Fsp3) is 0.765. The number of likely N-dealkylation sites (tertiary alicyclic amines) is 1. The molecule has 0 spiro atoms. The second kappa shape index (κ2) is 9.94. The molecule has 0 bridgehead atoms. The second-order valence-electron chi connectivity index (χ2n) is 6.90. The number of nitrogens with zero attached hydrogens (tertiary/aromatic N) is 4. The van der Waals surface area contributed by atoms with Crippen LogP contribution in [0.2, 0.25) is 0 Å². The molecule has 0 aliphatic carbocycles. The highest BCUT2D eigenvalue weighted by Gasteiger charge is 2.57. The third-order valence-corrected chi connectivity index (χ3v) is 4.69. The van der Waals surface area contributed by atoms with Crippen LogP contribution in [0, 0.1) is 5.92 Å². The molecular formula is C17H29F3IN5O. The van der Waals surface area contributed by atoms with Crippen LogP contribution in [0.15, 0.2) is 17.4 Å². The number of halogens is 4. The summed E-state index contributed by atoms with van der Waals surface area (Å²) in [6.45, 7) is 6.21. The van der Waals surface area contributed by atoms with Gasteiger partial charge in [-0.25, -0.2) is 4.98 Å². The number of aryl methyl sites for hydroxylation is 1. The molecule has 27 heavy (non-hydrogen) atoms. The van der Waals surface area contributed by atoms with Gasteiger partial charge in [-0.1, -0.05) is 6.92 Å². The van der Waals surface area contributed by atoms with Crippen LogP contribution in [0.25, 0.3) is 0 Å². The van der Waals surface area contributed by atoms with E-state index in [1.165, 1.54) is 24.0 Å². The van der Waals surface area contributed by atoms with Crippen LogP contribution in [0.1, 0.15) is 38.9 Å². The highest BCUT2D eigenvalue weighted by atomic mass is 127. The molecule has 6 nitrogen and oxygen atoms in total. The third-order valence-electron chi connectivity index (χ3n) is 4.69. The molecular weight excluding hydrogens is 474 g/mol. The van der Waals surface area contributed by atoms with Gasteiger partial charge in [0.05, 0.1) is 0 Å². The van der Waals surface area contributed by atoms with Crippen molar-refractivity contribution in [3.05, 3.63) is 18.2 Å². The second-order valence-corrected chi connectivity index (χ2v) is 6.90. The van der Waals surface area contributed by atoms with E-state index in [1.807, 2.05) is 6.92 Å². The first kappa shape index (κ1) is 24.0. The molecule has 10 heteroatoms. The van der Waals surface area contributed by atoms with E-state index < -0.39 is 24.0 Å². The molecule has 2 rings (SSSR count). The van der Waals surface area contributed by atoms with Crippen molar-refractivity contribution in [3.8, 4) is 0 Å². The first-order valence-electron chi connectivity index (χ1n) is 8.99. The maximum absolute atomic E-state index is 13.5. The van der Waals surface area contributed by atoms with Gasteiger partial charge >= 0.3 is 6.18 Å². The molecule has 0 aromatic carbocycles. The number of piperidine rings is 1. The predicted octanol–water partition coefficient (Wildman–Crippen LogP) is 2.88. The number of guanidine groups is 1. The van der Waals surface area contributed by atoms with Crippen LogP contribution in [0.5, 0.6) is 0 Å². The van der Waals surface area contributed by atoms with Crippen molar-refractivity contribution in [1.82, 2.24) is 19.8 Å². The van der Waals surface area contributed by atoms with Gasteiger partial charge in [0.15, 0.2) is 5.96 Å². The zero-order chi connectivity index (χ0) is 19.4. The van der Waals surface area contributed by atoms with E-state index in [-0.39, 0.29) is 30.5 Å². The molecule has 0 amide bonds. The minimum atomic E-state index is -4.83. The first-order valence-corrected chi connectivity index (χ1v) is 8.99. The summed E-state index contributed by atoms with van der Waals surface area (Å²) >= 11 is 0. The standard InChI is InChI=1S/C17H28F3N5O.HI/c1-4-21-15(25-10-5-6-13(2)12-25)23-8-7-16(26,17(18,19)20)14-22-9-11-24(14)3;/h9,11,13,26H,4-8,10,12H2,1-3H3,(H,21,23);1H. The highest BCUT2D eigenvalue weighted by molar-refractivity contribution is 14.0. The van der Waals surface area contributed by atoms with Gasteiger partial charge in [0.1, 0.15) is 5.82 Å². The fourth-order valence-corrected chi connectivity index (χ4v) is 3.28. The molecule has 2 atom stereocenters. The number of aromatic nitrogens is 2. The molecule has 156 valence electrons. The monoisotopic (exact) mass is 503 g/mol. The topological polar surface area (TPSA) is 65.7 Å². The summed E-state index contributed by atoms with van der Waals surface area (Å²) in [7, 11) is 1.43. The van der Waals surface area contributed by atoms with Crippen molar-refractivity contribution in [2.24, 2.45) is 18.0 Å². The Morgan fingerprint density at radius 1 is 1.44 bits per heavy atom. The molecule has 1 aromatic rings. The van der Waals surface area contributed by atoms with E-state index in [2.05, 4.69) is 27.1 Å². The lowest BCUT2D eigenvalue weighted by Gasteiger charge is -2.34. The summed E-state index contributed by atoms with van der Waals surface area (Å²) in [5, 5.41) is 13.5. The van der Waals surface area contributed by atoms with Crippen molar-refractivity contribution in [3.63, 3.8) is 0 Å². The SMILES string of the molecule is CCNC(=NCCC(O)(c1nccn1C)C(F)(F)F)N1CCCC(C)C1.I. The minimum Gasteiger partial charge on any atom is -0.374 e. The van der Waals surface area contributed by atoms with Gasteiger partial charge in [-0.3, -0.25) is 4.99 Å². The number of alkyl halides is 3. The maximum atomic E-state index is 13.5. The van der Waals surface area contributed by atoms with Crippen molar-refractivity contribution >= 4 is 29.9 Å². The zero-order valence-electron chi connectivity index (χ0n) is 16.0. The van der Waals surface area contributed by atoms with E-state index in [0.29, 0.717) is 18.4 Å². The largest absolute Gasteiger partial charge is 0.424 e. The smallest absolute Gasteiger partial charge is 0.374 e. The van der Waals surface area contributed by atoms with E-state index in [0.717, 1.165) is 25.9 Å². The Hall–Kier alpha value is -1.04. The minimum absolute atomic E-state index is 0. The summed E-state index contributed by atoms with van der Waals surface area (Å²) in [6.07, 6.45) is -0.615. The molecule has 1 aromatic heterocycles. The Morgan fingerprint density at radius 3 is 2.67 bits per heavy atom. The Labute approximate surface area is 175 Å². The molecule has 1 fully saturated rings. The van der Waals surface area contributed by atoms with Gasteiger partial charge in [-0.15, -0.1) is 24.0 Å². The number of hydrogen-bond donors (Lipinski definition) is 2. The fourth-order valence-electron chi connectivity index (χ4n) is 3.28. The number of nitrogens with one attached hydrogen (secondary N) is 1. The maximum Gasteiger partial charge on any atom is 0.424 e. The average molecular weight is 503 g/mol. The quantitative estimate of drug-likeness (QED) is 0.369. The van der Waals surface area contributed by atoms with E-state index >= 15 is 0 Å². The molecule has 1 saturated heterocycles. The molecule has 2 heterocycles. The molecule has 2 unspecified atom stereocenters. The van der Waals surface area contributed by atoms with Crippen LogP contribution in [-0.2, 0) is 12.6 Å². The molecule has 1 aliphatic heterocycles. The summed E-state index contributed by atoms with van der Waals surface area (Å²) in [5.41, 5.74) is -3.03. The van der Waals surface area contributed by atoms with Gasteiger partial charge in [0.2, 0.25) is 5.60 Å². The van der Waals surface area contributed by atoms with E-state index in [9.17, 15) is 18.3 Å². The lowest BCUT2D eigenvalue weighted by atomic mass is 9.98. The summed E-state index contributed by atoms with van der Waals surface area (Å²) in [5.74, 6) is 0.701. The first-order chi connectivity index (χ1) is 12.2. The van der Waals surface area contributed by atoms with E-state index in [4.69, 9.17) is 0 Å². The Bertz CT molecular complexity index is 622. The molecule has 0 saturated carbocycles. The molecule has 1 aliphatic rings. The van der Waals surface area contributed by atoms with Crippen molar-refractivity contribution in [1.29, 1.82) is 0 Å². The van der Waals surface area contributed by atoms with Gasteiger partial charge in [-0.05, 0) is 25.7 Å². The van der Waals surface area contributed by atoms with Crippen LogP contribution >= 0.6 is 24.0 Å². The van der Waals surface area contributed by atoms with Gasteiger partial charge < -0.3 is 19.9 Å². The summed E-state index contributed by atoms with van der Waals surface area (Å²) in [4.78, 5) is 10.1. The Balaban J connectivity index is 0.00000364. The van der Waals surface area contributed by atoms with Crippen molar-refractivity contribution < 1.29 is 18.3 Å². The van der Waals surface area contributed by atoms with Crippen LogP contribution < -0.4 is 5.32 Å². The molecule has 2 N–H and O–H groups in total. The predicted molar refractivity (Wildman–Crippen MR) is 109 cm³/mol. The normalized spacial score (nSPS) is 20.8. The number of aliphatic imine (C=N–C) groups is 1.